The molecular weight excluding hydrogens is 180 g/mol. The first-order chi connectivity index (χ1) is 6.66. The van der Waals surface area contributed by atoms with Crippen molar-refractivity contribution in [2.24, 2.45) is 7.05 Å². The maximum atomic E-state index is 11.0. The Morgan fingerprint density at radius 1 is 1.50 bits per heavy atom. The molecule has 0 aromatic carbocycles. The first-order valence-corrected chi connectivity index (χ1v) is 4.23. The number of hydrogen-bond acceptors (Lipinski definition) is 3. The van der Waals surface area contributed by atoms with E-state index < -0.39 is 0 Å². The molecule has 0 saturated heterocycles. The summed E-state index contributed by atoms with van der Waals surface area (Å²) in [5.74, 6) is 0. The molecule has 5 nitrogen and oxygen atoms in total. The molecule has 0 amide bonds. The van der Waals surface area contributed by atoms with Gasteiger partial charge in [-0.1, -0.05) is 0 Å². The minimum atomic E-state index is -0.342. The van der Waals surface area contributed by atoms with E-state index >= 15 is 0 Å². The summed E-state index contributed by atoms with van der Waals surface area (Å²) >= 11 is 0. The molecular formula is C9H10N4O. The van der Waals surface area contributed by atoms with Crippen LogP contribution in [0.5, 0.6) is 0 Å². The summed E-state index contributed by atoms with van der Waals surface area (Å²) in [6, 6.07) is 1.76. The number of rotatable bonds is 1. The fourth-order valence-corrected chi connectivity index (χ4v) is 1.39. The van der Waals surface area contributed by atoms with Crippen LogP contribution in [-0.4, -0.2) is 19.7 Å². The number of H-pyrrole nitrogens is 1. The second kappa shape index (κ2) is 3.10. The molecule has 1 N–H and O–H groups in total. The molecule has 0 aliphatic rings. The maximum Gasteiger partial charge on any atom is 0.345 e. The van der Waals surface area contributed by atoms with Crippen molar-refractivity contribution < 1.29 is 0 Å². The Hall–Kier alpha value is -1.91. The quantitative estimate of drug-likeness (QED) is 0.711. The predicted octanol–water partition coefficient (Wildman–Crippen LogP) is 0.479. The third-order valence-electron chi connectivity index (χ3n) is 1.98. The molecule has 0 saturated carbocycles. The highest BCUT2D eigenvalue weighted by atomic mass is 16.1. The Balaban J connectivity index is 2.59. The SMILES string of the molecule is Cc1nn(C)cc1-c1ccnc(=O)[nH]1. The zero-order valence-electron chi connectivity index (χ0n) is 7.98. The van der Waals surface area contributed by atoms with Gasteiger partial charge >= 0.3 is 5.69 Å². The van der Waals surface area contributed by atoms with Gasteiger partial charge in [-0.15, -0.1) is 0 Å². The van der Waals surface area contributed by atoms with Gasteiger partial charge in [0.05, 0.1) is 11.4 Å². The standard InChI is InChI=1S/C9H10N4O/c1-6-7(5-13(2)12-6)8-3-4-10-9(14)11-8/h3-5H,1-2H3,(H,10,11,14). The Kier molecular flexibility index (Phi) is 1.92. The van der Waals surface area contributed by atoms with Crippen molar-refractivity contribution in [3.63, 3.8) is 0 Å². The van der Waals surface area contributed by atoms with E-state index in [-0.39, 0.29) is 5.69 Å². The first kappa shape index (κ1) is 8.68. The monoisotopic (exact) mass is 190 g/mol. The Labute approximate surface area is 80.4 Å². The van der Waals surface area contributed by atoms with Gasteiger partial charge in [-0.2, -0.15) is 5.10 Å². The lowest BCUT2D eigenvalue weighted by Gasteiger charge is -1.96. The van der Waals surface area contributed by atoms with Crippen LogP contribution in [0.3, 0.4) is 0 Å². The van der Waals surface area contributed by atoms with E-state index in [2.05, 4.69) is 15.1 Å². The van der Waals surface area contributed by atoms with Gasteiger partial charge in [0.25, 0.3) is 0 Å². The average molecular weight is 190 g/mol. The van der Waals surface area contributed by atoms with Gasteiger partial charge < -0.3 is 4.98 Å². The minimum Gasteiger partial charge on any atom is -0.305 e. The smallest absolute Gasteiger partial charge is 0.305 e. The number of aryl methyl sites for hydroxylation is 2. The molecule has 0 unspecified atom stereocenters. The van der Waals surface area contributed by atoms with Crippen LogP contribution in [0.1, 0.15) is 5.69 Å². The van der Waals surface area contributed by atoms with Crippen LogP contribution in [0, 0.1) is 6.92 Å². The second-order valence-electron chi connectivity index (χ2n) is 3.09. The first-order valence-electron chi connectivity index (χ1n) is 4.23. The van der Waals surface area contributed by atoms with Crippen molar-refractivity contribution in [2.75, 3.05) is 0 Å². The molecule has 0 radical (unpaired) electrons. The number of aromatic amines is 1. The van der Waals surface area contributed by atoms with Gasteiger partial charge in [-0.3, -0.25) is 4.68 Å². The Morgan fingerprint density at radius 2 is 2.29 bits per heavy atom. The summed E-state index contributed by atoms with van der Waals surface area (Å²) in [7, 11) is 1.84. The third-order valence-corrected chi connectivity index (χ3v) is 1.98. The molecule has 0 bridgehead atoms. The van der Waals surface area contributed by atoms with Crippen molar-refractivity contribution in [3.8, 4) is 11.3 Å². The predicted molar refractivity (Wildman–Crippen MR) is 51.8 cm³/mol. The minimum absolute atomic E-state index is 0.342. The van der Waals surface area contributed by atoms with Gasteiger partial charge in [-0.05, 0) is 13.0 Å². The molecule has 14 heavy (non-hydrogen) atoms. The summed E-state index contributed by atoms with van der Waals surface area (Å²) in [5.41, 5.74) is 2.21. The summed E-state index contributed by atoms with van der Waals surface area (Å²) in [6.07, 6.45) is 3.35. The summed E-state index contributed by atoms with van der Waals surface area (Å²) in [6.45, 7) is 1.90. The van der Waals surface area contributed by atoms with Crippen LogP contribution in [0.25, 0.3) is 11.3 Å². The lowest BCUT2D eigenvalue weighted by atomic mass is 10.2. The van der Waals surface area contributed by atoms with Gasteiger partial charge in [0, 0.05) is 25.0 Å². The Bertz CT molecular complexity index is 512. The molecule has 72 valence electrons. The van der Waals surface area contributed by atoms with Crippen LogP contribution >= 0.6 is 0 Å². The summed E-state index contributed by atoms with van der Waals surface area (Å²) in [4.78, 5) is 17.2. The molecule has 0 spiro atoms. The fraction of sp³-hybridized carbons (Fsp3) is 0.222. The number of nitrogens with one attached hydrogen (secondary N) is 1. The Morgan fingerprint density at radius 3 is 2.86 bits per heavy atom. The lowest BCUT2D eigenvalue weighted by Crippen LogP contribution is -2.09. The number of aromatic nitrogens is 4. The van der Waals surface area contributed by atoms with Crippen molar-refractivity contribution in [1.82, 2.24) is 19.7 Å². The zero-order valence-corrected chi connectivity index (χ0v) is 7.98. The van der Waals surface area contributed by atoms with E-state index in [9.17, 15) is 4.79 Å². The number of nitrogens with zero attached hydrogens (tertiary/aromatic N) is 3. The molecule has 2 heterocycles. The average Bonchev–Trinajstić information content (AvgIpc) is 2.45. The van der Waals surface area contributed by atoms with E-state index in [1.807, 2.05) is 20.2 Å². The van der Waals surface area contributed by atoms with E-state index in [1.54, 1.807) is 10.7 Å². The van der Waals surface area contributed by atoms with Gasteiger partial charge in [0.15, 0.2) is 0 Å². The lowest BCUT2D eigenvalue weighted by molar-refractivity contribution is 0.756. The van der Waals surface area contributed by atoms with Crippen molar-refractivity contribution in [2.45, 2.75) is 6.92 Å². The van der Waals surface area contributed by atoms with Crippen LogP contribution in [0.4, 0.5) is 0 Å². The molecule has 2 aromatic rings. The fourth-order valence-electron chi connectivity index (χ4n) is 1.39. The van der Waals surface area contributed by atoms with Crippen LogP contribution in [0.15, 0.2) is 23.3 Å². The molecule has 0 atom stereocenters. The molecule has 0 aliphatic carbocycles. The molecule has 0 aliphatic heterocycles. The van der Waals surface area contributed by atoms with E-state index in [4.69, 9.17) is 0 Å². The molecule has 2 rings (SSSR count). The highest BCUT2D eigenvalue weighted by Crippen LogP contribution is 2.17. The van der Waals surface area contributed by atoms with E-state index in [0.29, 0.717) is 0 Å². The highest BCUT2D eigenvalue weighted by molar-refractivity contribution is 5.59. The normalized spacial score (nSPS) is 10.4. The molecule has 0 fully saturated rings. The van der Waals surface area contributed by atoms with Crippen molar-refractivity contribution in [1.29, 1.82) is 0 Å². The van der Waals surface area contributed by atoms with Gasteiger partial charge in [0.1, 0.15) is 0 Å². The summed E-state index contributed by atoms with van der Waals surface area (Å²) < 4.78 is 1.71. The van der Waals surface area contributed by atoms with Gasteiger partial charge in [0.2, 0.25) is 0 Å². The third kappa shape index (κ3) is 1.44. The van der Waals surface area contributed by atoms with Crippen molar-refractivity contribution in [3.05, 3.63) is 34.6 Å². The molecule has 2 aromatic heterocycles. The second-order valence-corrected chi connectivity index (χ2v) is 3.09. The zero-order chi connectivity index (χ0) is 10.1. The maximum absolute atomic E-state index is 11.0. The summed E-state index contributed by atoms with van der Waals surface area (Å²) in [5, 5.41) is 4.19. The van der Waals surface area contributed by atoms with Crippen LogP contribution in [0.2, 0.25) is 0 Å². The van der Waals surface area contributed by atoms with Crippen LogP contribution < -0.4 is 5.69 Å². The number of hydrogen-bond donors (Lipinski definition) is 1. The van der Waals surface area contributed by atoms with Gasteiger partial charge in [-0.25, -0.2) is 9.78 Å². The largest absolute Gasteiger partial charge is 0.345 e. The van der Waals surface area contributed by atoms with E-state index in [1.165, 1.54) is 6.20 Å². The topological polar surface area (TPSA) is 63.6 Å². The highest BCUT2D eigenvalue weighted by Gasteiger charge is 2.05. The molecule has 5 heteroatoms. The van der Waals surface area contributed by atoms with E-state index in [0.717, 1.165) is 17.0 Å². The van der Waals surface area contributed by atoms with Crippen molar-refractivity contribution >= 4 is 0 Å². The van der Waals surface area contributed by atoms with Crippen LogP contribution in [-0.2, 0) is 7.05 Å².